The number of hydrogen-bond donors (Lipinski definition) is 2. The Balaban J connectivity index is 1.79. The summed E-state index contributed by atoms with van der Waals surface area (Å²) in [7, 11) is 0. The van der Waals surface area contributed by atoms with E-state index in [1.54, 1.807) is 6.07 Å². The Kier molecular flexibility index (Phi) is 4.31. The zero-order valence-electron chi connectivity index (χ0n) is 10.6. The molecule has 0 saturated carbocycles. The summed E-state index contributed by atoms with van der Waals surface area (Å²) in [5.74, 6) is 0.238. The summed E-state index contributed by atoms with van der Waals surface area (Å²) in [6.45, 7) is 4.58. The third-order valence-electron chi connectivity index (χ3n) is 3.31. The number of carbonyl (C=O) groups excluding carboxylic acids is 1. The van der Waals surface area contributed by atoms with E-state index in [2.05, 4.69) is 10.6 Å². The number of rotatable bonds is 5. The summed E-state index contributed by atoms with van der Waals surface area (Å²) >= 11 is 0. The van der Waals surface area contributed by atoms with E-state index in [0.717, 1.165) is 25.2 Å². The summed E-state index contributed by atoms with van der Waals surface area (Å²) in [6, 6.07) is 6.43. The van der Waals surface area contributed by atoms with Gasteiger partial charge in [0.2, 0.25) is 5.91 Å². The van der Waals surface area contributed by atoms with E-state index in [9.17, 15) is 9.18 Å². The first-order valence-corrected chi connectivity index (χ1v) is 6.38. The molecule has 0 bridgehead atoms. The highest BCUT2D eigenvalue weighted by Gasteiger charge is 2.19. The fourth-order valence-electron chi connectivity index (χ4n) is 2.02. The van der Waals surface area contributed by atoms with Crippen LogP contribution in [0.2, 0.25) is 0 Å². The maximum absolute atomic E-state index is 13.0. The lowest BCUT2D eigenvalue weighted by Gasteiger charge is -2.27. The van der Waals surface area contributed by atoms with Gasteiger partial charge in [0.1, 0.15) is 5.82 Å². The summed E-state index contributed by atoms with van der Waals surface area (Å²) in [5.41, 5.74) is 0.864. The first-order valence-electron chi connectivity index (χ1n) is 6.38. The number of hydrogen-bond acceptors (Lipinski definition) is 2. The molecule has 18 heavy (non-hydrogen) atoms. The lowest BCUT2D eigenvalue weighted by atomic mass is 9.99. The molecule has 3 nitrogen and oxygen atoms in total. The highest BCUT2D eigenvalue weighted by molar-refractivity contribution is 5.78. The van der Waals surface area contributed by atoms with Crippen molar-refractivity contribution < 1.29 is 9.18 Å². The molecular weight excluding hydrogens is 231 g/mol. The van der Waals surface area contributed by atoms with E-state index in [0.29, 0.717) is 12.3 Å². The molecule has 0 aliphatic carbocycles. The number of nitrogens with one attached hydrogen (secondary N) is 2. The Bertz CT molecular complexity index is 418. The zero-order chi connectivity index (χ0) is 13.0. The highest BCUT2D eigenvalue weighted by Crippen LogP contribution is 2.10. The number of amides is 1. The molecule has 4 heteroatoms. The molecule has 0 spiro atoms. The van der Waals surface area contributed by atoms with Gasteiger partial charge in [0.15, 0.2) is 0 Å². The summed E-state index contributed by atoms with van der Waals surface area (Å²) in [4.78, 5) is 11.9. The van der Waals surface area contributed by atoms with E-state index in [4.69, 9.17) is 0 Å². The Morgan fingerprint density at radius 2 is 2.33 bits per heavy atom. The molecule has 1 aliphatic rings. The quantitative estimate of drug-likeness (QED) is 0.828. The maximum atomic E-state index is 13.0. The second kappa shape index (κ2) is 5.96. The molecule has 0 aromatic heterocycles. The average Bonchev–Trinajstić information content (AvgIpc) is 2.26. The fourth-order valence-corrected chi connectivity index (χ4v) is 2.02. The standard InChI is InChI=1S/C14H19FN2O/c1-10(5-11-3-2-4-13(15)6-11)14(18)17-9-12-7-16-8-12/h2-4,6,10,12,16H,5,7-9H2,1H3,(H,17,18). The van der Waals surface area contributed by atoms with E-state index in [1.807, 2.05) is 13.0 Å². The number of halogens is 1. The lowest BCUT2D eigenvalue weighted by Crippen LogP contribution is -2.48. The summed E-state index contributed by atoms with van der Waals surface area (Å²) < 4.78 is 13.0. The van der Waals surface area contributed by atoms with Crippen molar-refractivity contribution in [3.05, 3.63) is 35.6 Å². The van der Waals surface area contributed by atoms with Gasteiger partial charge in [-0.1, -0.05) is 19.1 Å². The minimum atomic E-state index is -0.249. The number of benzene rings is 1. The molecule has 98 valence electrons. The topological polar surface area (TPSA) is 41.1 Å². The monoisotopic (exact) mass is 250 g/mol. The van der Waals surface area contributed by atoms with Crippen LogP contribution < -0.4 is 10.6 Å². The second-order valence-corrected chi connectivity index (χ2v) is 5.00. The van der Waals surface area contributed by atoms with Gasteiger partial charge in [-0.15, -0.1) is 0 Å². The van der Waals surface area contributed by atoms with E-state index in [1.165, 1.54) is 12.1 Å². The molecule has 2 rings (SSSR count). The van der Waals surface area contributed by atoms with Crippen LogP contribution >= 0.6 is 0 Å². The summed E-state index contributed by atoms with van der Waals surface area (Å²) in [6.07, 6.45) is 0.576. The average molecular weight is 250 g/mol. The highest BCUT2D eigenvalue weighted by atomic mass is 19.1. The first kappa shape index (κ1) is 13.0. The molecule has 1 heterocycles. The molecule has 1 aromatic carbocycles. The van der Waals surface area contributed by atoms with Crippen molar-refractivity contribution in [2.24, 2.45) is 11.8 Å². The maximum Gasteiger partial charge on any atom is 0.223 e. The van der Waals surface area contributed by atoms with Crippen LogP contribution in [0.4, 0.5) is 4.39 Å². The Labute approximate surface area is 107 Å². The zero-order valence-corrected chi connectivity index (χ0v) is 10.6. The van der Waals surface area contributed by atoms with Crippen LogP contribution in [-0.4, -0.2) is 25.5 Å². The Morgan fingerprint density at radius 1 is 1.56 bits per heavy atom. The normalized spacial score (nSPS) is 17.0. The largest absolute Gasteiger partial charge is 0.355 e. The lowest BCUT2D eigenvalue weighted by molar-refractivity contribution is -0.124. The summed E-state index contributed by atoms with van der Waals surface area (Å²) in [5, 5.41) is 6.11. The van der Waals surface area contributed by atoms with Crippen LogP contribution in [0.1, 0.15) is 12.5 Å². The van der Waals surface area contributed by atoms with Gasteiger partial charge in [0, 0.05) is 31.5 Å². The van der Waals surface area contributed by atoms with Crippen molar-refractivity contribution >= 4 is 5.91 Å². The van der Waals surface area contributed by atoms with Crippen molar-refractivity contribution in [2.45, 2.75) is 13.3 Å². The van der Waals surface area contributed by atoms with Crippen molar-refractivity contribution in [1.29, 1.82) is 0 Å². The third kappa shape index (κ3) is 3.53. The first-order chi connectivity index (χ1) is 8.65. The fraction of sp³-hybridized carbons (Fsp3) is 0.500. The van der Waals surface area contributed by atoms with Gasteiger partial charge < -0.3 is 10.6 Å². The van der Waals surface area contributed by atoms with E-state index in [-0.39, 0.29) is 17.6 Å². The smallest absolute Gasteiger partial charge is 0.223 e. The van der Waals surface area contributed by atoms with Crippen LogP contribution in [0.25, 0.3) is 0 Å². The van der Waals surface area contributed by atoms with Gasteiger partial charge in [-0.2, -0.15) is 0 Å². The Morgan fingerprint density at radius 3 is 2.94 bits per heavy atom. The minimum Gasteiger partial charge on any atom is -0.355 e. The second-order valence-electron chi connectivity index (χ2n) is 5.00. The predicted octanol–water partition coefficient (Wildman–Crippen LogP) is 1.34. The van der Waals surface area contributed by atoms with Crippen LogP contribution in [-0.2, 0) is 11.2 Å². The molecule has 1 amide bonds. The molecule has 1 aromatic rings. The molecule has 2 N–H and O–H groups in total. The van der Waals surface area contributed by atoms with Crippen molar-refractivity contribution in [1.82, 2.24) is 10.6 Å². The van der Waals surface area contributed by atoms with E-state index >= 15 is 0 Å². The van der Waals surface area contributed by atoms with Crippen LogP contribution in [0.5, 0.6) is 0 Å². The van der Waals surface area contributed by atoms with Crippen LogP contribution in [0.3, 0.4) is 0 Å². The van der Waals surface area contributed by atoms with Gasteiger partial charge in [-0.05, 0) is 24.1 Å². The molecule has 1 unspecified atom stereocenters. The molecular formula is C14H19FN2O. The molecule has 1 aliphatic heterocycles. The van der Waals surface area contributed by atoms with Crippen molar-refractivity contribution in [3.8, 4) is 0 Å². The van der Waals surface area contributed by atoms with Crippen LogP contribution in [0, 0.1) is 17.7 Å². The van der Waals surface area contributed by atoms with Crippen molar-refractivity contribution in [2.75, 3.05) is 19.6 Å². The van der Waals surface area contributed by atoms with E-state index < -0.39 is 0 Å². The van der Waals surface area contributed by atoms with Gasteiger partial charge in [0.05, 0.1) is 0 Å². The molecule has 1 atom stereocenters. The van der Waals surface area contributed by atoms with Gasteiger partial charge >= 0.3 is 0 Å². The van der Waals surface area contributed by atoms with Gasteiger partial charge in [0.25, 0.3) is 0 Å². The SMILES string of the molecule is CC(Cc1cccc(F)c1)C(=O)NCC1CNC1. The molecule has 1 fully saturated rings. The van der Waals surface area contributed by atoms with Crippen LogP contribution in [0.15, 0.2) is 24.3 Å². The van der Waals surface area contributed by atoms with Gasteiger partial charge in [-0.3, -0.25) is 4.79 Å². The van der Waals surface area contributed by atoms with Gasteiger partial charge in [-0.25, -0.2) is 4.39 Å². The third-order valence-corrected chi connectivity index (χ3v) is 3.31. The molecule has 1 saturated heterocycles. The Hall–Kier alpha value is -1.42. The number of carbonyl (C=O) groups is 1. The minimum absolute atomic E-state index is 0.0474. The predicted molar refractivity (Wildman–Crippen MR) is 68.6 cm³/mol. The molecule has 0 radical (unpaired) electrons. The van der Waals surface area contributed by atoms with Crippen molar-refractivity contribution in [3.63, 3.8) is 0 Å².